The number of fused-ring (bicyclic) bond motifs is 2. The molecule has 12 nitrogen and oxygen atoms in total. The number of ether oxygens (including phenoxy) is 2. The zero-order valence-corrected chi connectivity index (χ0v) is 27.2. The van der Waals surface area contributed by atoms with Gasteiger partial charge in [-0.25, -0.2) is 14.8 Å². The molecule has 0 saturated carbocycles. The number of nitrogens with zero attached hydrogens (tertiary/aromatic N) is 5. The van der Waals surface area contributed by atoms with E-state index in [-0.39, 0.29) is 17.7 Å². The van der Waals surface area contributed by atoms with Gasteiger partial charge < -0.3 is 29.3 Å². The number of aromatic amines is 2. The van der Waals surface area contributed by atoms with E-state index in [9.17, 15) is 9.59 Å². The van der Waals surface area contributed by atoms with Crippen molar-refractivity contribution < 1.29 is 14.3 Å². The molecular formula is C36H33ClN8O4. The number of imidazole rings is 2. The number of pyridine rings is 2. The summed E-state index contributed by atoms with van der Waals surface area (Å²) in [7, 11) is 0. The van der Waals surface area contributed by atoms with Gasteiger partial charge in [0.15, 0.2) is 0 Å². The monoisotopic (exact) mass is 676 g/mol. The van der Waals surface area contributed by atoms with E-state index in [2.05, 4.69) is 35.8 Å². The number of carbonyl (C=O) groups excluding carboxylic acids is 1. The van der Waals surface area contributed by atoms with Crippen molar-refractivity contribution in [2.24, 2.45) is 0 Å². The van der Waals surface area contributed by atoms with Gasteiger partial charge in [0.2, 0.25) is 5.88 Å². The van der Waals surface area contributed by atoms with Gasteiger partial charge in [0, 0.05) is 43.2 Å². The third-order valence-electron chi connectivity index (χ3n) is 8.91. The molecule has 3 N–H and O–H groups in total. The summed E-state index contributed by atoms with van der Waals surface area (Å²) in [6, 6.07) is 20.3. The van der Waals surface area contributed by atoms with Crippen LogP contribution in [0.4, 0.5) is 5.69 Å². The second kappa shape index (κ2) is 13.3. The summed E-state index contributed by atoms with van der Waals surface area (Å²) in [5, 5.41) is 3.57. The molecule has 0 bridgehead atoms. The van der Waals surface area contributed by atoms with Crippen molar-refractivity contribution in [1.29, 1.82) is 0 Å². The average molecular weight is 677 g/mol. The molecule has 6 heterocycles. The van der Waals surface area contributed by atoms with Gasteiger partial charge in [0.05, 0.1) is 57.7 Å². The minimum Gasteiger partial charge on any atom is -0.471 e. The summed E-state index contributed by atoms with van der Waals surface area (Å²) in [5.74, 6) is 1.24. The van der Waals surface area contributed by atoms with Crippen LogP contribution in [-0.2, 0) is 24.4 Å². The van der Waals surface area contributed by atoms with Gasteiger partial charge in [-0.2, -0.15) is 0 Å². The first kappa shape index (κ1) is 31.0. The average Bonchev–Trinajstić information content (AvgIpc) is 3.64. The van der Waals surface area contributed by atoms with Gasteiger partial charge in [-0.05, 0) is 73.0 Å². The van der Waals surface area contributed by atoms with Crippen molar-refractivity contribution in [2.75, 3.05) is 25.0 Å². The number of carbonyl (C=O) groups is 1. The molecule has 0 aliphatic carbocycles. The largest absolute Gasteiger partial charge is 0.471 e. The van der Waals surface area contributed by atoms with Crippen LogP contribution in [0.15, 0.2) is 83.8 Å². The Hall–Kier alpha value is -5.30. The predicted octanol–water partition coefficient (Wildman–Crippen LogP) is 5.56. The lowest BCUT2D eigenvalue weighted by Crippen LogP contribution is -2.33. The number of hydrogen-bond donors (Lipinski definition) is 3. The molecule has 1 amide bonds. The number of benzene rings is 2. The Balaban J connectivity index is 0.963. The maximum atomic E-state index is 13.1. The van der Waals surface area contributed by atoms with Crippen molar-refractivity contribution in [3.8, 4) is 5.88 Å². The molecular weight excluding hydrogens is 644 g/mol. The smallest absolute Gasteiger partial charge is 0.323 e. The van der Waals surface area contributed by atoms with Crippen LogP contribution in [0.1, 0.15) is 40.4 Å². The van der Waals surface area contributed by atoms with Gasteiger partial charge in [0.25, 0.3) is 5.91 Å². The van der Waals surface area contributed by atoms with Crippen LogP contribution in [-0.4, -0.2) is 66.1 Å². The lowest BCUT2D eigenvalue weighted by atomic mass is 10.0. The van der Waals surface area contributed by atoms with Crippen LogP contribution in [0.3, 0.4) is 0 Å². The van der Waals surface area contributed by atoms with E-state index in [1.54, 1.807) is 30.5 Å². The molecule has 2 aliphatic heterocycles. The van der Waals surface area contributed by atoms with E-state index in [0.29, 0.717) is 46.3 Å². The molecule has 49 heavy (non-hydrogen) atoms. The van der Waals surface area contributed by atoms with Crippen molar-refractivity contribution in [3.05, 3.63) is 117 Å². The summed E-state index contributed by atoms with van der Waals surface area (Å²) in [6.45, 7) is 4.11. The van der Waals surface area contributed by atoms with Crippen molar-refractivity contribution in [3.63, 3.8) is 0 Å². The fourth-order valence-corrected chi connectivity index (χ4v) is 6.30. The fraction of sp³-hybridized carbons (Fsp3) is 0.250. The van der Waals surface area contributed by atoms with E-state index in [1.165, 1.54) is 5.57 Å². The Labute approximate surface area is 285 Å². The number of rotatable bonds is 10. The van der Waals surface area contributed by atoms with Gasteiger partial charge in [-0.1, -0.05) is 23.7 Å². The summed E-state index contributed by atoms with van der Waals surface area (Å²) < 4.78 is 14.0. The number of amides is 1. The minimum absolute atomic E-state index is 0.161. The Morgan fingerprint density at radius 1 is 1.06 bits per heavy atom. The summed E-state index contributed by atoms with van der Waals surface area (Å²) >= 11 is 5.94. The Morgan fingerprint density at radius 2 is 1.96 bits per heavy atom. The number of H-pyrrole nitrogens is 2. The first-order valence-electron chi connectivity index (χ1n) is 16.2. The molecule has 2 aliphatic rings. The van der Waals surface area contributed by atoms with Crippen LogP contribution < -0.4 is 15.7 Å². The van der Waals surface area contributed by atoms with E-state index in [1.807, 2.05) is 42.5 Å². The number of anilines is 1. The first-order chi connectivity index (χ1) is 23.9. The van der Waals surface area contributed by atoms with Gasteiger partial charge in [-0.15, -0.1) is 0 Å². The van der Waals surface area contributed by atoms with Crippen LogP contribution in [0.25, 0.3) is 27.6 Å². The summed E-state index contributed by atoms with van der Waals surface area (Å²) in [6.07, 6.45) is 5.86. The standard InChI is InChI=1S/C36H33ClN8O4/c37-24-5-6-26(38-18-24)21-49-34-3-1-2-28(41-34)22-10-13-44(14-11-22)20-33-40-31-17-25(7-9-32(31)45(33)19-27-12-15-48-27)39-35(46)23-4-8-29-30(16-23)43-36(47)42-29/h1-10,16-18,27H,11-15,19-21H2,(H,39,46)(H2,42,43,47)/t27-/m0/s1. The lowest BCUT2D eigenvalue weighted by Gasteiger charge is -2.29. The molecule has 8 rings (SSSR count). The normalized spacial score (nSPS) is 16.4. The highest BCUT2D eigenvalue weighted by Crippen LogP contribution is 2.27. The maximum Gasteiger partial charge on any atom is 0.323 e. The molecule has 2 aromatic carbocycles. The van der Waals surface area contributed by atoms with E-state index in [4.69, 9.17) is 31.0 Å². The Kier molecular flexibility index (Phi) is 8.42. The number of aromatic nitrogens is 6. The number of nitrogens with one attached hydrogen (secondary N) is 3. The quantitative estimate of drug-likeness (QED) is 0.171. The van der Waals surface area contributed by atoms with Gasteiger partial charge in [-0.3, -0.25) is 14.7 Å². The highest BCUT2D eigenvalue weighted by molar-refractivity contribution is 6.30. The molecule has 248 valence electrons. The number of halogens is 1. The molecule has 1 saturated heterocycles. The zero-order chi connectivity index (χ0) is 33.3. The SMILES string of the molecule is O=C(Nc1ccc2c(c1)nc(CN1CC=C(c3cccc(OCc4ccc(Cl)cn4)n3)CC1)n2C[C@@H]1CCO1)c1ccc2[nH]c(=O)[nH]c2c1. The minimum atomic E-state index is -0.310. The molecule has 1 atom stereocenters. The van der Waals surface area contributed by atoms with E-state index in [0.717, 1.165) is 67.3 Å². The highest BCUT2D eigenvalue weighted by atomic mass is 35.5. The fourth-order valence-electron chi connectivity index (χ4n) is 6.19. The third-order valence-corrected chi connectivity index (χ3v) is 9.13. The second-order valence-electron chi connectivity index (χ2n) is 12.2. The summed E-state index contributed by atoms with van der Waals surface area (Å²) in [5.41, 5.74) is 6.69. The van der Waals surface area contributed by atoms with Crippen molar-refractivity contribution in [1.82, 2.24) is 34.4 Å². The van der Waals surface area contributed by atoms with Crippen LogP contribution >= 0.6 is 11.6 Å². The Bertz CT molecular complexity index is 2250. The molecule has 0 radical (unpaired) electrons. The van der Waals surface area contributed by atoms with E-state index >= 15 is 0 Å². The second-order valence-corrected chi connectivity index (χ2v) is 12.7. The molecule has 4 aromatic heterocycles. The molecule has 0 spiro atoms. The van der Waals surface area contributed by atoms with Gasteiger partial charge >= 0.3 is 5.69 Å². The van der Waals surface area contributed by atoms with Crippen molar-refractivity contribution >= 4 is 50.8 Å². The van der Waals surface area contributed by atoms with Crippen LogP contribution in [0.5, 0.6) is 5.88 Å². The van der Waals surface area contributed by atoms with Gasteiger partial charge in [0.1, 0.15) is 12.4 Å². The highest BCUT2D eigenvalue weighted by Gasteiger charge is 2.24. The Morgan fingerprint density at radius 3 is 2.76 bits per heavy atom. The summed E-state index contributed by atoms with van der Waals surface area (Å²) in [4.78, 5) is 46.6. The number of hydrogen-bond acceptors (Lipinski definition) is 8. The zero-order valence-electron chi connectivity index (χ0n) is 26.5. The predicted molar refractivity (Wildman–Crippen MR) is 187 cm³/mol. The maximum absolute atomic E-state index is 13.1. The molecule has 6 aromatic rings. The topological polar surface area (TPSA) is 143 Å². The third kappa shape index (κ3) is 6.84. The first-order valence-corrected chi connectivity index (χ1v) is 16.6. The lowest BCUT2D eigenvalue weighted by molar-refractivity contribution is -0.0591. The molecule has 13 heteroatoms. The van der Waals surface area contributed by atoms with Crippen molar-refractivity contribution in [2.45, 2.75) is 38.6 Å². The molecule has 1 fully saturated rings. The van der Waals surface area contributed by atoms with Crippen LogP contribution in [0, 0.1) is 0 Å². The van der Waals surface area contributed by atoms with E-state index < -0.39 is 0 Å². The molecule has 0 unspecified atom stereocenters. The van der Waals surface area contributed by atoms with Crippen LogP contribution in [0.2, 0.25) is 5.02 Å².